The highest BCUT2D eigenvalue weighted by molar-refractivity contribution is 9.10. The highest BCUT2D eigenvalue weighted by atomic mass is 79.9. The molecule has 0 saturated carbocycles. The van der Waals surface area contributed by atoms with Crippen LogP contribution >= 0.6 is 15.9 Å². The zero-order valence-corrected chi connectivity index (χ0v) is 13.2. The summed E-state index contributed by atoms with van der Waals surface area (Å²) in [5.41, 5.74) is 7.47. The van der Waals surface area contributed by atoms with Crippen LogP contribution in [0.2, 0.25) is 0 Å². The van der Waals surface area contributed by atoms with Gasteiger partial charge in [0, 0.05) is 17.1 Å². The Morgan fingerprint density at radius 1 is 1.37 bits per heavy atom. The van der Waals surface area contributed by atoms with Crippen LogP contribution < -0.4 is 5.73 Å². The zero-order chi connectivity index (χ0) is 14.0. The lowest BCUT2D eigenvalue weighted by atomic mass is 9.82. The van der Waals surface area contributed by atoms with Gasteiger partial charge in [-0.05, 0) is 49.0 Å². The Morgan fingerprint density at radius 2 is 2.00 bits per heavy atom. The van der Waals surface area contributed by atoms with Crippen molar-refractivity contribution in [3.63, 3.8) is 0 Å². The van der Waals surface area contributed by atoms with Crippen LogP contribution in [0.3, 0.4) is 0 Å². The van der Waals surface area contributed by atoms with E-state index < -0.39 is 0 Å². The first-order valence-corrected chi connectivity index (χ1v) is 7.61. The van der Waals surface area contributed by atoms with E-state index in [0.29, 0.717) is 12.0 Å². The normalized spacial score (nSPS) is 21.3. The van der Waals surface area contributed by atoms with Gasteiger partial charge in [-0.25, -0.2) is 4.39 Å². The van der Waals surface area contributed by atoms with Crippen LogP contribution in [0.5, 0.6) is 0 Å². The molecule has 1 aromatic rings. The van der Waals surface area contributed by atoms with E-state index in [4.69, 9.17) is 5.73 Å². The van der Waals surface area contributed by atoms with Gasteiger partial charge in [0.05, 0.1) is 0 Å². The lowest BCUT2D eigenvalue weighted by Crippen LogP contribution is -2.42. The fourth-order valence-corrected chi connectivity index (χ4v) is 3.30. The maximum absolute atomic E-state index is 13.2. The van der Waals surface area contributed by atoms with Crippen LogP contribution in [0, 0.1) is 11.2 Å². The molecule has 19 heavy (non-hydrogen) atoms. The van der Waals surface area contributed by atoms with Crippen molar-refractivity contribution in [3.8, 4) is 0 Å². The highest BCUT2D eigenvalue weighted by Gasteiger charge is 2.30. The predicted octanol–water partition coefficient (Wildman–Crippen LogP) is 3.71. The standard InChI is InChI=1S/C15H22BrFN2/c1-15(2)5-7-19(8-6-15)14(10-18)12-4-3-11(17)9-13(12)16/h3-4,9,14H,5-8,10,18H2,1-2H3. The number of nitrogens with two attached hydrogens (primary N) is 1. The largest absolute Gasteiger partial charge is 0.329 e. The van der Waals surface area contributed by atoms with Gasteiger partial charge in [0.1, 0.15) is 5.82 Å². The van der Waals surface area contributed by atoms with Gasteiger partial charge in [0.2, 0.25) is 0 Å². The summed E-state index contributed by atoms with van der Waals surface area (Å²) in [7, 11) is 0. The monoisotopic (exact) mass is 328 g/mol. The number of rotatable bonds is 3. The molecule has 1 unspecified atom stereocenters. The summed E-state index contributed by atoms with van der Waals surface area (Å²) in [5.74, 6) is -0.217. The second-order valence-electron chi connectivity index (χ2n) is 6.12. The first-order valence-electron chi connectivity index (χ1n) is 6.82. The Labute approximate surface area is 123 Å². The Morgan fingerprint density at radius 3 is 2.53 bits per heavy atom. The Hall–Kier alpha value is -0.450. The van der Waals surface area contributed by atoms with Gasteiger partial charge in [0.15, 0.2) is 0 Å². The zero-order valence-electron chi connectivity index (χ0n) is 11.6. The average molecular weight is 329 g/mol. The topological polar surface area (TPSA) is 29.3 Å². The summed E-state index contributed by atoms with van der Waals surface area (Å²) in [6, 6.07) is 5.05. The Bertz CT molecular complexity index is 438. The lowest BCUT2D eigenvalue weighted by molar-refractivity contribution is 0.0961. The van der Waals surface area contributed by atoms with E-state index >= 15 is 0 Å². The molecule has 0 aromatic heterocycles. The van der Waals surface area contributed by atoms with E-state index in [1.807, 2.05) is 6.07 Å². The molecule has 106 valence electrons. The number of benzene rings is 1. The fourth-order valence-electron chi connectivity index (χ4n) is 2.69. The predicted molar refractivity (Wildman–Crippen MR) is 80.5 cm³/mol. The third kappa shape index (κ3) is 3.56. The number of hydrogen-bond donors (Lipinski definition) is 1. The molecule has 0 amide bonds. The summed E-state index contributed by atoms with van der Waals surface area (Å²) >= 11 is 3.46. The quantitative estimate of drug-likeness (QED) is 0.916. The summed E-state index contributed by atoms with van der Waals surface area (Å²) in [5, 5.41) is 0. The molecule has 2 N–H and O–H groups in total. The van der Waals surface area contributed by atoms with Crippen molar-refractivity contribution >= 4 is 15.9 Å². The number of nitrogens with zero attached hydrogens (tertiary/aromatic N) is 1. The van der Waals surface area contributed by atoms with Crippen LogP contribution in [0.25, 0.3) is 0 Å². The van der Waals surface area contributed by atoms with Crippen molar-refractivity contribution < 1.29 is 4.39 Å². The number of likely N-dealkylation sites (tertiary alicyclic amines) is 1. The third-order valence-corrected chi connectivity index (χ3v) is 4.82. The van der Waals surface area contributed by atoms with Gasteiger partial charge in [-0.15, -0.1) is 0 Å². The molecule has 0 bridgehead atoms. The third-order valence-electron chi connectivity index (χ3n) is 4.14. The average Bonchev–Trinajstić information content (AvgIpc) is 2.34. The first kappa shape index (κ1) is 14.9. The molecule has 1 aliphatic heterocycles. The molecule has 1 heterocycles. The first-order chi connectivity index (χ1) is 8.93. The lowest BCUT2D eigenvalue weighted by Gasteiger charge is -2.41. The van der Waals surface area contributed by atoms with Crippen LogP contribution in [-0.4, -0.2) is 24.5 Å². The van der Waals surface area contributed by atoms with Gasteiger partial charge in [-0.3, -0.25) is 4.90 Å². The molecule has 4 heteroatoms. The summed E-state index contributed by atoms with van der Waals surface area (Å²) in [6.07, 6.45) is 2.37. The van der Waals surface area contributed by atoms with E-state index in [-0.39, 0.29) is 11.9 Å². The van der Waals surface area contributed by atoms with Gasteiger partial charge >= 0.3 is 0 Å². The molecule has 1 atom stereocenters. The molecular weight excluding hydrogens is 307 g/mol. The molecule has 1 aromatic carbocycles. The van der Waals surface area contributed by atoms with Crippen molar-refractivity contribution in [2.24, 2.45) is 11.1 Å². The molecule has 2 nitrogen and oxygen atoms in total. The van der Waals surface area contributed by atoms with Crippen LogP contribution in [0.4, 0.5) is 4.39 Å². The summed E-state index contributed by atoms with van der Waals surface area (Å²) in [6.45, 7) is 7.30. The van der Waals surface area contributed by atoms with Crippen LogP contribution in [-0.2, 0) is 0 Å². The molecule has 0 spiro atoms. The number of halogens is 2. The number of piperidine rings is 1. The van der Waals surface area contributed by atoms with Crippen LogP contribution in [0.1, 0.15) is 38.3 Å². The van der Waals surface area contributed by atoms with Gasteiger partial charge in [-0.1, -0.05) is 35.8 Å². The molecule has 1 aliphatic rings. The SMILES string of the molecule is CC1(C)CCN(C(CN)c2ccc(F)cc2Br)CC1. The van der Waals surface area contributed by atoms with Gasteiger partial charge < -0.3 is 5.73 Å². The number of hydrogen-bond acceptors (Lipinski definition) is 2. The van der Waals surface area contributed by atoms with Crippen molar-refractivity contribution in [1.29, 1.82) is 0 Å². The minimum Gasteiger partial charge on any atom is -0.329 e. The molecule has 2 rings (SSSR count). The second kappa shape index (κ2) is 5.90. The highest BCUT2D eigenvalue weighted by Crippen LogP contribution is 2.35. The maximum Gasteiger partial charge on any atom is 0.124 e. The van der Waals surface area contributed by atoms with E-state index in [0.717, 1.165) is 23.1 Å². The summed E-state index contributed by atoms with van der Waals surface area (Å²) in [4.78, 5) is 2.42. The summed E-state index contributed by atoms with van der Waals surface area (Å²) < 4.78 is 14.0. The van der Waals surface area contributed by atoms with E-state index in [9.17, 15) is 4.39 Å². The maximum atomic E-state index is 13.2. The molecule has 1 fully saturated rings. The Balaban J connectivity index is 2.16. The van der Waals surface area contributed by atoms with E-state index in [1.165, 1.54) is 25.0 Å². The fraction of sp³-hybridized carbons (Fsp3) is 0.600. The molecule has 0 aliphatic carbocycles. The van der Waals surface area contributed by atoms with Gasteiger partial charge in [0.25, 0.3) is 0 Å². The minimum atomic E-state index is -0.217. The smallest absolute Gasteiger partial charge is 0.124 e. The van der Waals surface area contributed by atoms with Crippen molar-refractivity contribution in [3.05, 3.63) is 34.1 Å². The van der Waals surface area contributed by atoms with Gasteiger partial charge in [-0.2, -0.15) is 0 Å². The van der Waals surface area contributed by atoms with Crippen molar-refractivity contribution in [2.75, 3.05) is 19.6 Å². The minimum absolute atomic E-state index is 0.172. The molecule has 1 saturated heterocycles. The van der Waals surface area contributed by atoms with E-state index in [2.05, 4.69) is 34.7 Å². The van der Waals surface area contributed by atoms with Crippen LogP contribution in [0.15, 0.2) is 22.7 Å². The second-order valence-corrected chi connectivity index (χ2v) is 6.97. The van der Waals surface area contributed by atoms with Crippen molar-refractivity contribution in [1.82, 2.24) is 4.90 Å². The molecular formula is C15H22BrFN2. The van der Waals surface area contributed by atoms with Crippen molar-refractivity contribution in [2.45, 2.75) is 32.7 Å². The Kier molecular flexibility index (Phi) is 4.64. The molecule has 0 radical (unpaired) electrons. The van der Waals surface area contributed by atoms with E-state index in [1.54, 1.807) is 0 Å².